The number of pyridine rings is 1. The van der Waals surface area contributed by atoms with Crippen molar-refractivity contribution in [3.05, 3.63) is 53.2 Å². The quantitative estimate of drug-likeness (QED) is 0.471. The molecule has 6 nitrogen and oxygen atoms in total. The van der Waals surface area contributed by atoms with Gasteiger partial charge >= 0.3 is 0 Å². The van der Waals surface area contributed by atoms with E-state index in [1.165, 1.54) is 48.7 Å². The van der Waals surface area contributed by atoms with Crippen molar-refractivity contribution in [3.63, 3.8) is 0 Å². The highest BCUT2D eigenvalue weighted by molar-refractivity contribution is 6.02. The Morgan fingerprint density at radius 2 is 1.86 bits per heavy atom. The second-order valence-corrected chi connectivity index (χ2v) is 10.6. The van der Waals surface area contributed by atoms with Crippen molar-refractivity contribution in [3.8, 4) is 17.0 Å². The van der Waals surface area contributed by atoms with Gasteiger partial charge < -0.3 is 18.9 Å². The molecule has 6 heteroatoms. The highest BCUT2D eigenvalue weighted by atomic mass is 16.5. The number of carbonyl (C=O) groups excluding carboxylic acids is 1. The second-order valence-electron chi connectivity index (χ2n) is 10.6. The molecule has 2 aliphatic heterocycles. The molecule has 2 aromatic heterocycles. The van der Waals surface area contributed by atoms with Crippen molar-refractivity contribution in [2.24, 2.45) is 0 Å². The van der Waals surface area contributed by atoms with Crippen LogP contribution in [-0.4, -0.2) is 52.8 Å². The largest absolute Gasteiger partial charge is 0.497 e. The SMILES string of the molecule is COc1ccc2c(c1)C=C(C(=O)N1C[C@@H](C)O[C@@H](C)C1)Cn1c-2c(C2CCCCC2)c2cccnc21. The van der Waals surface area contributed by atoms with Crippen LogP contribution in [0.1, 0.15) is 63.0 Å². The van der Waals surface area contributed by atoms with Crippen LogP contribution in [0.5, 0.6) is 5.75 Å². The first-order valence-corrected chi connectivity index (χ1v) is 13.3. The number of methoxy groups -OCH3 is 1. The first kappa shape index (κ1) is 23.3. The summed E-state index contributed by atoms with van der Waals surface area (Å²) in [6, 6.07) is 10.5. The van der Waals surface area contributed by atoms with Crippen molar-refractivity contribution in [2.45, 2.75) is 70.6 Å². The molecule has 188 valence electrons. The molecule has 3 aliphatic rings. The van der Waals surface area contributed by atoms with Crippen LogP contribution in [0.15, 0.2) is 42.1 Å². The zero-order valence-electron chi connectivity index (χ0n) is 21.5. The van der Waals surface area contributed by atoms with Gasteiger partial charge in [0, 0.05) is 35.8 Å². The molecule has 0 N–H and O–H groups in total. The minimum atomic E-state index is 0.0269. The normalized spacial score (nSPS) is 22.5. The number of hydrogen-bond donors (Lipinski definition) is 0. The Hall–Kier alpha value is -3.12. The fourth-order valence-corrected chi connectivity index (χ4v) is 6.53. The van der Waals surface area contributed by atoms with E-state index in [9.17, 15) is 4.79 Å². The van der Waals surface area contributed by atoms with Gasteiger partial charge in [-0.25, -0.2) is 4.98 Å². The molecule has 0 spiro atoms. The lowest BCUT2D eigenvalue weighted by molar-refractivity contribution is -0.139. The summed E-state index contributed by atoms with van der Waals surface area (Å²) in [4.78, 5) is 20.8. The molecule has 1 aromatic carbocycles. The van der Waals surface area contributed by atoms with E-state index in [0.29, 0.717) is 25.6 Å². The predicted octanol–water partition coefficient (Wildman–Crippen LogP) is 5.79. The van der Waals surface area contributed by atoms with Gasteiger partial charge in [0.15, 0.2) is 0 Å². The van der Waals surface area contributed by atoms with Gasteiger partial charge in [0.05, 0.1) is 31.6 Å². The number of amides is 1. The smallest absolute Gasteiger partial charge is 0.251 e. The average Bonchev–Trinajstić information content (AvgIpc) is 3.11. The van der Waals surface area contributed by atoms with Crippen LogP contribution in [0.25, 0.3) is 28.4 Å². The van der Waals surface area contributed by atoms with Gasteiger partial charge in [-0.3, -0.25) is 4.79 Å². The van der Waals surface area contributed by atoms with Crippen LogP contribution in [0.4, 0.5) is 0 Å². The molecule has 6 rings (SSSR count). The summed E-state index contributed by atoms with van der Waals surface area (Å²) in [6.07, 6.45) is 10.3. The molecule has 0 unspecified atom stereocenters. The van der Waals surface area contributed by atoms with E-state index < -0.39 is 0 Å². The molecule has 4 heterocycles. The number of carbonyl (C=O) groups is 1. The Morgan fingerprint density at radius 3 is 2.61 bits per heavy atom. The topological polar surface area (TPSA) is 56.6 Å². The van der Waals surface area contributed by atoms with Crippen molar-refractivity contribution in [1.29, 1.82) is 0 Å². The lowest BCUT2D eigenvalue weighted by atomic mass is 9.81. The fraction of sp³-hybridized carbons (Fsp3) is 0.467. The van der Waals surface area contributed by atoms with Gasteiger partial charge in [-0.15, -0.1) is 0 Å². The van der Waals surface area contributed by atoms with Crippen LogP contribution in [0.3, 0.4) is 0 Å². The lowest BCUT2D eigenvalue weighted by Crippen LogP contribution is -2.48. The molecule has 2 atom stereocenters. The van der Waals surface area contributed by atoms with E-state index in [1.807, 2.05) is 37.1 Å². The zero-order valence-corrected chi connectivity index (χ0v) is 21.5. The molecule has 1 amide bonds. The van der Waals surface area contributed by atoms with Crippen LogP contribution in [0, 0.1) is 0 Å². The molecular formula is C30H35N3O3. The summed E-state index contributed by atoms with van der Waals surface area (Å²) >= 11 is 0. The van der Waals surface area contributed by atoms with Gasteiger partial charge in [0.25, 0.3) is 5.91 Å². The number of aromatic nitrogens is 2. The monoisotopic (exact) mass is 485 g/mol. The number of ether oxygens (including phenoxy) is 2. The maximum absolute atomic E-state index is 14.0. The van der Waals surface area contributed by atoms with E-state index >= 15 is 0 Å². The molecule has 1 aliphatic carbocycles. The number of benzene rings is 1. The van der Waals surface area contributed by atoms with Crippen molar-refractivity contribution < 1.29 is 14.3 Å². The number of hydrogen-bond acceptors (Lipinski definition) is 4. The van der Waals surface area contributed by atoms with Gasteiger partial charge in [-0.1, -0.05) is 19.3 Å². The molecule has 3 aromatic rings. The molecule has 0 bridgehead atoms. The highest BCUT2D eigenvalue weighted by Crippen LogP contribution is 2.46. The zero-order chi connectivity index (χ0) is 24.8. The summed E-state index contributed by atoms with van der Waals surface area (Å²) in [7, 11) is 1.69. The lowest BCUT2D eigenvalue weighted by Gasteiger charge is -2.35. The molecular weight excluding hydrogens is 450 g/mol. The molecule has 0 radical (unpaired) electrons. The standard InChI is InChI=1S/C30H35N3O3/c1-19-16-32(17-20(2)36-19)30(34)23-14-22-15-24(35-3)11-12-25(22)28-27(21-8-5-4-6-9-21)26-10-7-13-31-29(26)33(28)18-23/h7,10-15,19-21H,4-6,8-9,16-18H2,1-3H3/t19-,20+. The Bertz CT molecular complexity index is 1320. The van der Waals surface area contributed by atoms with E-state index in [2.05, 4.69) is 28.8 Å². The molecule has 1 saturated heterocycles. The summed E-state index contributed by atoms with van der Waals surface area (Å²) in [5, 5.41) is 1.23. The number of nitrogens with zero attached hydrogens (tertiary/aromatic N) is 3. The Labute approximate surface area is 212 Å². The summed E-state index contributed by atoms with van der Waals surface area (Å²) in [6.45, 7) is 5.79. The third kappa shape index (κ3) is 4.01. The Balaban J connectivity index is 1.54. The maximum Gasteiger partial charge on any atom is 0.251 e. The highest BCUT2D eigenvalue weighted by Gasteiger charge is 2.33. The summed E-state index contributed by atoms with van der Waals surface area (Å²) < 4.78 is 13.8. The minimum Gasteiger partial charge on any atom is -0.497 e. The molecule has 1 saturated carbocycles. The van der Waals surface area contributed by atoms with Gasteiger partial charge in [0.2, 0.25) is 0 Å². The maximum atomic E-state index is 14.0. The van der Waals surface area contributed by atoms with Crippen LogP contribution < -0.4 is 4.74 Å². The Morgan fingerprint density at radius 1 is 1.08 bits per heavy atom. The van der Waals surface area contributed by atoms with E-state index in [1.54, 1.807) is 7.11 Å². The van der Waals surface area contributed by atoms with Crippen LogP contribution in [0.2, 0.25) is 0 Å². The first-order valence-electron chi connectivity index (χ1n) is 13.3. The van der Waals surface area contributed by atoms with E-state index in [-0.39, 0.29) is 18.1 Å². The van der Waals surface area contributed by atoms with E-state index in [0.717, 1.165) is 28.1 Å². The summed E-state index contributed by atoms with van der Waals surface area (Å²) in [5.41, 5.74) is 6.56. The number of rotatable bonds is 3. The van der Waals surface area contributed by atoms with Crippen molar-refractivity contribution in [2.75, 3.05) is 20.2 Å². The second kappa shape index (κ2) is 9.40. The minimum absolute atomic E-state index is 0.0269. The average molecular weight is 486 g/mol. The van der Waals surface area contributed by atoms with Crippen molar-refractivity contribution >= 4 is 23.0 Å². The summed E-state index contributed by atoms with van der Waals surface area (Å²) in [5.74, 6) is 1.39. The van der Waals surface area contributed by atoms with Gasteiger partial charge in [-0.2, -0.15) is 0 Å². The predicted molar refractivity (Wildman–Crippen MR) is 142 cm³/mol. The third-order valence-corrected chi connectivity index (χ3v) is 8.02. The number of fused-ring (bicyclic) bond motifs is 5. The molecule has 36 heavy (non-hydrogen) atoms. The first-order chi connectivity index (χ1) is 17.5. The fourth-order valence-electron chi connectivity index (χ4n) is 6.53. The van der Waals surface area contributed by atoms with Crippen LogP contribution >= 0.6 is 0 Å². The van der Waals surface area contributed by atoms with Gasteiger partial charge in [0.1, 0.15) is 11.4 Å². The third-order valence-electron chi connectivity index (χ3n) is 8.02. The van der Waals surface area contributed by atoms with Gasteiger partial charge in [-0.05, 0) is 80.1 Å². The van der Waals surface area contributed by atoms with Crippen molar-refractivity contribution in [1.82, 2.24) is 14.5 Å². The number of morpholine rings is 1. The molecule has 2 fully saturated rings. The Kier molecular flexibility index (Phi) is 6.08. The van der Waals surface area contributed by atoms with Crippen LogP contribution in [-0.2, 0) is 16.1 Å². The van der Waals surface area contributed by atoms with E-state index in [4.69, 9.17) is 14.5 Å².